The van der Waals surface area contributed by atoms with Crippen molar-refractivity contribution in [3.8, 4) is 0 Å². The van der Waals surface area contributed by atoms with Gasteiger partial charge in [-0.1, -0.05) is 96.9 Å². The molecule has 4 rings (SSSR count). The van der Waals surface area contributed by atoms with Gasteiger partial charge in [0.25, 0.3) is 10.0 Å². The highest BCUT2D eigenvalue weighted by Gasteiger charge is 2.35. The number of anilines is 1. The quantitative estimate of drug-likeness (QED) is 0.178. The Morgan fingerprint density at radius 3 is 2.05 bits per heavy atom. The first kappa shape index (κ1) is 33.0. The van der Waals surface area contributed by atoms with E-state index in [2.05, 4.69) is 5.32 Å². The monoisotopic (exact) mass is 655 g/mol. The molecule has 1 N–H and O–H groups in total. The largest absolute Gasteiger partial charge is 0.354 e. The van der Waals surface area contributed by atoms with E-state index < -0.39 is 40.2 Å². The lowest BCUT2D eigenvalue weighted by Gasteiger charge is -2.34. The van der Waals surface area contributed by atoms with E-state index in [1.807, 2.05) is 37.3 Å². The van der Waals surface area contributed by atoms with Gasteiger partial charge in [0.15, 0.2) is 0 Å². The number of benzene rings is 4. The molecule has 0 spiro atoms. The highest BCUT2D eigenvalue weighted by Crippen LogP contribution is 2.30. The zero-order valence-electron chi connectivity index (χ0n) is 24.0. The summed E-state index contributed by atoms with van der Waals surface area (Å²) in [6.45, 7) is 1.26. The van der Waals surface area contributed by atoms with Crippen LogP contribution >= 0.6 is 23.2 Å². The van der Waals surface area contributed by atoms with Gasteiger partial charge in [0, 0.05) is 35.1 Å². The molecule has 0 aliphatic carbocycles. The molecule has 0 bridgehead atoms. The van der Waals surface area contributed by atoms with E-state index in [0.717, 1.165) is 15.9 Å². The molecular formula is C33H32Cl2FN3O4S. The van der Waals surface area contributed by atoms with Crippen LogP contribution in [0.5, 0.6) is 0 Å². The van der Waals surface area contributed by atoms with Gasteiger partial charge >= 0.3 is 0 Å². The first-order valence-electron chi connectivity index (χ1n) is 14.0. The van der Waals surface area contributed by atoms with Gasteiger partial charge in [0.2, 0.25) is 11.8 Å². The average molecular weight is 657 g/mol. The summed E-state index contributed by atoms with van der Waals surface area (Å²) >= 11 is 13.0. The number of rotatable bonds is 13. The van der Waals surface area contributed by atoms with E-state index in [1.165, 1.54) is 47.4 Å². The lowest BCUT2D eigenvalue weighted by atomic mass is 10.0. The molecule has 4 aromatic rings. The van der Waals surface area contributed by atoms with Gasteiger partial charge < -0.3 is 10.2 Å². The average Bonchev–Trinajstić information content (AvgIpc) is 3.02. The Balaban J connectivity index is 1.83. The highest BCUT2D eigenvalue weighted by atomic mass is 35.5. The molecule has 1 atom stereocenters. The van der Waals surface area contributed by atoms with Crippen LogP contribution in [0, 0.1) is 5.82 Å². The summed E-state index contributed by atoms with van der Waals surface area (Å²) in [4.78, 5) is 29.2. The van der Waals surface area contributed by atoms with E-state index in [-0.39, 0.29) is 33.6 Å². The van der Waals surface area contributed by atoms with E-state index >= 15 is 4.39 Å². The molecule has 11 heteroatoms. The predicted octanol–water partition coefficient (Wildman–Crippen LogP) is 6.49. The van der Waals surface area contributed by atoms with Crippen LogP contribution in [0.25, 0.3) is 0 Å². The molecular weight excluding hydrogens is 624 g/mol. The zero-order chi connectivity index (χ0) is 31.7. The predicted molar refractivity (Wildman–Crippen MR) is 172 cm³/mol. The maximum atomic E-state index is 15.2. The Bertz CT molecular complexity index is 1670. The molecule has 7 nitrogen and oxygen atoms in total. The maximum absolute atomic E-state index is 15.2. The summed E-state index contributed by atoms with van der Waals surface area (Å²) in [6, 6.07) is 25.7. The van der Waals surface area contributed by atoms with Crippen molar-refractivity contribution in [3.05, 3.63) is 130 Å². The molecule has 2 amide bonds. The fourth-order valence-electron chi connectivity index (χ4n) is 4.66. The number of nitrogens with one attached hydrogen (secondary N) is 1. The smallest absolute Gasteiger partial charge is 0.264 e. The first-order chi connectivity index (χ1) is 21.1. The molecule has 0 fully saturated rings. The van der Waals surface area contributed by atoms with Crippen LogP contribution in [-0.2, 0) is 32.6 Å². The summed E-state index contributed by atoms with van der Waals surface area (Å²) in [5.41, 5.74) is 0.847. The molecule has 0 saturated carbocycles. The standard InChI is InChI=1S/C33H32Cl2FN3O4S/c1-2-20-37-33(41)31(21-24-12-5-3-6-13-24)38(22-26-27(34)16-11-17-28(26)35)32(40)23-39(30-19-10-9-18-29(30)36)44(42,43)25-14-7-4-8-15-25/h3-19,31H,2,20-23H2,1H3,(H,37,41)/t31-/m1/s1. The summed E-state index contributed by atoms with van der Waals surface area (Å²) in [5.74, 6) is -2.02. The van der Waals surface area contributed by atoms with Crippen LogP contribution < -0.4 is 9.62 Å². The minimum absolute atomic E-state index is 0.120. The van der Waals surface area contributed by atoms with Crippen LogP contribution in [0.1, 0.15) is 24.5 Å². The number of nitrogens with zero attached hydrogens (tertiary/aromatic N) is 2. The Hall–Kier alpha value is -3.92. The normalized spacial score (nSPS) is 11.9. The maximum Gasteiger partial charge on any atom is 0.264 e. The molecule has 0 heterocycles. The van der Waals surface area contributed by atoms with Crippen molar-refractivity contribution >= 4 is 50.7 Å². The second kappa shape index (κ2) is 15.2. The van der Waals surface area contributed by atoms with Crippen molar-refractivity contribution in [2.75, 3.05) is 17.4 Å². The van der Waals surface area contributed by atoms with Crippen molar-refractivity contribution in [3.63, 3.8) is 0 Å². The van der Waals surface area contributed by atoms with Gasteiger partial charge in [-0.2, -0.15) is 0 Å². The van der Waals surface area contributed by atoms with E-state index in [1.54, 1.807) is 24.3 Å². The SMILES string of the molecule is CCCNC(=O)[C@@H](Cc1ccccc1)N(Cc1c(Cl)cccc1Cl)C(=O)CN(c1ccccc1F)S(=O)(=O)c1ccccc1. The second-order valence-electron chi connectivity index (χ2n) is 9.99. The molecule has 0 unspecified atom stereocenters. The van der Waals surface area contributed by atoms with Gasteiger partial charge in [-0.3, -0.25) is 13.9 Å². The minimum atomic E-state index is -4.42. The Kier molecular flexibility index (Phi) is 11.4. The van der Waals surface area contributed by atoms with E-state index in [9.17, 15) is 18.0 Å². The first-order valence-corrected chi connectivity index (χ1v) is 16.2. The lowest BCUT2D eigenvalue weighted by Crippen LogP contribution is -2.53. The third kappa shape index (κ3) is 7.96. The van der Waals surface area contributed by atoms with E-state index in [4.69, 9.17) is 23.2 Å². The number of halogens is 3. The molecule has 4 aromatic carbocycles. The van der Waals surface area contributed by atoms with Gasteiger partial charge in [-0.25, -0.2) is 12.8 Å². The lowest BCUT2D eigenvalue weighted by molar-refractivity contribution is -0.140. The number of hydrogen-bond acceptors (Lipinski definition) is 4. The number of para-hydroxylation sites is 1. The van der Waals surface area contributed by atoms with Crippen molar-refractivity contribution < 1.29 is 22.4 Å². The molecule has 0 saturated heterocycles. The van der Waals surface area contributed by atoms with Crippen molar-refractivity contribution in [1.82, 2.24) is 10.2 Å². The van der Waals surface area contributed by atoms with Crippen LogP contribution in [0.15, 0.2) is 108 Å². The Labute approximate surface area is 267 Å². The number of amides is 2. The number of carbonyl (C=O) groups excluding carboxylic acids is 2. The topological polar surface area (TPSA) is 86.8 Å². The molecule has 0 aromatic heterocycles. The fourth-order valence-corrected chi connectivity index (χ4v) is 6.62. The second-order valence-corrected chi connectivity index (χ2v) is 12.7. The van der Waals surface area contributed by atoms with Crippen molar-refractivity contribution in [2.24, 2.45) is 0 Å². The zero-order valence-corrected chi connectivity index (χ0v) is 26.3. The van der Waals surface area contributed by atoms with E-state index in [0.29, 0.717) is 18.5 Å². The highest BCUT2D eigenvalue weighted by molar-refractivity contribution is 7.92. The molecule has 230 valence electrons. The summed E-state index contributed by atoms with van der Waals surface area (Å²) in [6.07, 6.45) is 0.778. The van der Waals surface area contributed by atoms with Crippen LogP contribution in [0.2, 0.25) is 10.0 Å². The van der Waals surface area contributed by atoms with Crippen molar-refractivity contribution in [2.45, 2.75) is 37.2 Å². The summed E-state index contributed by atoms with van der Waals surface area (Å²) in [7, 11) is -4.42. The van der Waals surface area contributed by atoms with Crippen LogP contribution in [0.4, 0.5) is 10.1 Å². The molecule has 44 heavy (non-hydrogen) atoms. The van der Waals surface area contributed by atoms with Gasteiger partial charge in [0.05, 0.1) is 10.6 Å². The van der Waals surface area contributed by atoms with Crippen LogP contribution in [0.3, 0.4) is 0 Å². The Morgan fingerprint density at radius 2 is 1.43 bits per heavy atom. The number of carbonyl (C=O) groups is 2. The third-order valence-electron chi connectivity index (χ3n) is 6.94. The van der Waals surface area contributed by atoms with Crippen LogP contribution in [-0.4, -0.2) is 44.3 Å². The van der Waals surface area contributed by atoms with Gasteiger partial charge in [-0.05, 0) is 48.4 Å². The van der Waals surface area contributed by atoms with Crippen molar-refractivity contribution in [1.29, 1.82) is 0 Å². The third-order valence-corrected chi connectivity index (χ3v) is 9.42. The number of hydrogen-bond donors (Lipinski definition) is 1. The van der Waals surface area contributed by atoms with Gasteiger partial charge in [-0.15, -0.1) is 0 Å². The summed E-state index contributed by atoms with van der Waals surface area (Å²) < 4.78 is 43.7. The Morgan fingerprint density at radius 1 is 0.841 bits per heavy atom. The summed E-state index contributed by atoms with van der Waals surface area (Å²) in [5, 5.41) is 3.40. The minimum Gasteiger partial charge on any atom is -0.354 e. The molecule has 0 radical (unpaired) electrons. The molecule has 0 aliphatic heterocycles. The van der Waals surface area contributed by atoms with Gasteiger partial charge in [0.1, 0.15) is 18.4 Å². The number of sulfonamides is 1. The fraction of sp³-hybridized carbons (Fsp3) is 0.212. The molecule has 0 aliphatic rings.